The van der Waals surface area contributed by atoms with Gasteiger partial charge in [0.05, 0.1) is 5.69 Å². The zero-order valence-electron chi connectivity index (χ0n) is 8.50. The van der Waals surface area contributed by atoms with Gasteiger partial charge in [0.25, 0.3) is 0 Å². The Bertz CT molecular complexity index is 520. The maximum Gasteiger partial charge on any atom is 0.249 e. The van der Waals surface area contributed by atoms with Gasteiger partial charge in [-0.1, -0.05) is 12.1 Å². The van der Waals surface area contributed by atoms with Crippen LogP contribution >= 0.6 is 0 Å². The van der Waals surface area contributed by atoms with Crippen LogP contribution in [0.5, 0.6) is 5.75 Å². The van der Waals surface area contributed by atoms with Crippen molar-refractivity contribution in [3.8, 4) is 5.75 Å². The van der Waals surface area contributed by atoms with Crippen molar-refractivity contribution in [3.63, 3.8) is 0 Å². The number of phenols is 1. The van der Waals surface area contributed by atoms with Crippen LogP contribution in [0, 0.1) is 0 Å². The van der Waals surface area contributed by atoms with Gasteiger partial charge in [-0.2, -0.15) is 0 Å². The quantitative estimate of drug-likeness (QED) is 0.716. The molecule has 0 saturated heterocycles. The number of rotatable bonds is 0. The van der Waals surface area contributed by atoms with E-state index >= 15 is 0 Å². The number of carbonyl (C=O) groups excluding carboxylic acids is 1. The van der Waals surface area contributed by atoms with Gasteiger partial charge in [0.15, 0.2) is 0 Å². The highest BCUT2D eigenvalue weighted by molar-refractivity contribution is 5.87. The molecule has 0 radical (unpaired) electrons. The third-order valence-corrected chi connectivity index (χ3v) is 2.72. The van der Waals surface area contributed by atoms with Crippen LogP contribution in [0.4, 0.5) is 5.69 Å². The van der Waals surface area contributed by atoms with Gasteiger partial charge in [0, 0.05) is 24.4 Å². The van der Waals surface area contributed by atoms with Crippen LogP contribution in [-0.4, -0.2) is 16.0 Å². The average molecular weight is 214 g/mol. The van der Waals surface area contributed by atoms with Crippen LogP contribution in [0.3, 0.4) is 0 Å². The van der Waals surface area contributed by atoms with Gasteiger partial charge in [0.1, 0.15) is 5.75 Å². The van der Waals surface area contributed by atoms with Gasteiger partial charge >= 0.3 is 0 Å². The lowest BCUT2D eigenvalue weighted by atomic mass is 10.1. The number of hydrazine groups is 1. The number of hydrogen-bond acceptors (Lipinski definition) is 3. The molecule has 1 aromatic rings. The van der Waals surface area contributed by atoms with E-state index in [-0.39, 0.29) is 11.7 Å². The fraction of sp³-hybridized carbons (Fsp3) is 0.0833. The van der Waals surface area contributed by atoms with Gasteiger partial charge in [-0.05, 0) is 18.2 Å². The molecule has 0 saturated carbocycles. The first-order valence-corrected chi connectivity index (χ1v) is 5.05. The van der Waals surface area contributed by atoms with Crippen molar-refractivity contribution >= 4 is 17.7 Å². The van der Waals surface area contributed by atoms with Crippen LogP contribution in [-0.2, 0) is 4.79 Å². The molecule has 0 unspecified atom stereocenters. The van der Waals surface area contributed by atoms with E-state index in [2.05, 4.69) is 0 Å². The smallest absolute Gasteiger partial charge is 0.249 e. The first kappa shape index (κ1) is 9.03. The van der Waals surface area contributed by atoms with Crippen molar-refractivity contribution in [1.82, 2.24) is 5.01 Å². The predicted molar refractivity (Wildman–Crippen MR) is 60.2 cm³/mol. The van der Waals surface area contributed by atoms with E-state index in [1.807, 2.05) is 18.3 Å². The van der Waals surface area contributed by atoms with Crippen molar-refractivity contribution in [2.24, 2.45) is 0 Å². The second-order valence-corrected chi connectivity index (χ2v) is 3.70. The summed E-state index contributed by atoms with van der Waals surface area (Å²) in [4.78, 5) is 11.6. The predicted octanol–water partition coefficient (Wildman–Crippen LogP) is 1.84. The van der Waals surface area contributed by atoms with E-state index in [9.17, 15) is 9.90 Å². The van der Waals surface area contributed by atoms with E-state index in [4.69, 9.17) is 0 Å². The van der Waals surface area contributed by atoms with Gasteiger partial charge < -0.3 is 5.11 Å². The largest absolute Gasteiger partial charge is 0.507 e. The molecule has 1 aromatic carbocycles. The molecule has 1 N–H and O–H groups in total. The maximum absolute atomic E-state index is 11.6. The van der Waals surface area contributed by atoms with Crippen LogP contribution in [0.25, 0.3) is 6.08 Å². The van der Waals surface area contributed by atoms with E-state index in [0.717, 1.165) is 11.3 Å². The number of benzene rings is 1. The first-order valence-electron chi connectivity index (χ1n) is 5.05. The molecule has 0 fully saturated rings. The number of hydrogen-bond donors (Lipinski definition) is 1. The molecule has 1 amide bonds. The summed E-state index contributed by atoms with van der Waals surface area (Å²) in [6, 6.07) is 5.27. The molecule has 80 valence electrons. The standard InChI is InChI=1S/C12H10N2O2/c15-11-4-1-3-10-9(11)6-8-14-12(16)5-2-7-13(10)14/h1-4,6-8,15H,5H2. The van der Waals surface area contributed by atoms with Crippen molar-refractivity contribution in [2.75, 3.05) is 5.01 Å². The summed E-state index contributed by atoms with van der Waals surface area (Å²) in [7, 11) is 0. The molecule has 0 aliphatic carbocycles. The topological polar surface area (TPSA) is 43.8 Å². The Kier molecular flexibility index (Phi) is 1.77. The summed E-state index contributed by atoms with van der Waals surface area (Å²) in [5.41, 5.74) is 1.55. The van der Waals surface area contributed by atoms with E-state index in [1.54, 1.807) is 34.4 Å². The minimum Gasteiger partial charge on any atom is -0.507 e. The fourth-order valence-electron chi connectivity index (χ4n) is 1.95. The van der Waals surface area contributed by atoms with E-state index < -0.39 is 0 Å². The lowest BCUT2D eigenvalue weighted by Crippen LogP contribution is -2.43. The molecule has 3 rings (SSSR count). The Morgan fingerprint density at radius 2 is 2.06 bits per heavy atom. The third-order valence-electron chi connectivity index (χ3n) is 2.72. The molecule has 0 atom stereocenters. The fourth-order valence-corrected chi connectivity index (χ4v) is 1.95. The van der Waals surface area contributed by atoms with Crippen LogP contribution in [0.1, 0.15) is 12.0 Å². The first-order chi connectivity index (χ1) is 7.77. The minimum absolute atomic E-state index is 0.0211. The number of amides is 1. The minimum atomic E-state index is 0.0211. The number of fused-ring (bicyclic) bond motifs is 3. The van der Waals surface area contributed by atoms with E-state index in [1.165, 1.54) is 0 Å². The Balaban J connectivity index is 2.18. The van der Waals surface area contributed by atoms with Crippen LogP contribution in [0.15, 0.2) is 36.7 Å². The number of nitrogens with zero attached hydrogens (tertiary/aromatic N) is 2. The summed E-state index contributed by atoms with van der Waals surface area (Å²) >= 11 is 0. The Morgan fingerprint density at radius 1 is 1.19 bits per heavy atom. The summed E-state index contributed by atoms with van der Waals surface area (Å²) in [6.07, 6.45) is 7.48. The highest BCUT2D eigenvalue weighted by Crippen LogP contribution is 2.35. The molecule has 2 heterocycles. The molecule has 2 aliphatic heterocycles. The summed E-state index contributed by atoms with van der Waals surface area (Å²) < 4.78 is 0. The molecule has 0 spiro atoms. The number of aromatic hydroxyl groups is 1. The number of carbonyl (C=O) groups is 1. The molecule has 0 bridgehead atoms. The van der Waals surface area contributed by atoms with Crippen LogP contribution < -0.4 is 5.01 Å². The molecule has 4 heteroatoms. The van der Waals surface area contributed by atoms with Crippen molar-refractivity contribution in [2.45, 2.75) is 6.42 Å². The van der Waals surface area contributed by atoms with Crippen molar-refractivity contribution < 1.29 is 9.90 Å². The normalized spacial score (nSPS) is 17.4. The van der Waals surface area contributed by atoms with Gasteiger partial charge in [-0.3, -0.25) is 9.80 Å². The van der Waals surface area contributed by atoms with Crippen LogP contribution in [0.2, 0.25) is 0 Å². The Hall–Kier alpha value is -2.23. The summed E-state index contributed by atoms with van der Waals surface area (Å²) in [5, 5.41) is 13.0. The van der Waals surface area contributed by atoms with Gasteiger partial charge in [-0.25, -0.2) is 5.01 Å². The van der Waals surface area contributed by atoms with Gasteiger partial charge in [0.2, 0.25) is 5.91 Å². The lowest BCUT2D eigenvalue weighted by Gasteiger charge is -2.37. The molecule has 2 aliphatic rings. The highest BCUT2D eigenvalue weighted by Gasteiger charge is 2.26. The Labute approximate surface area is 92.7 Å². The second kappa shape index (κ2) is 3.13. The molecule has 4 nitrogen and oxygen atoms in total. The number of phenolic OH excluding ortho intramolecular Hbond substituents is 1. The summed E-state index contributed by atoms with van der Waals surface area (Å²) in [6.45, 7) is 0. The summed E-state index contributed by atoms with van der Waals surface area (Å²) in [5.74, 6) is 0.243. The van der Waals surface area contributed by atoms with Gasteiger partial charge in [-0.15, -0.1) is 0 Å². The Morgan fingerprint density at radius 3 is 2.94 bits per heavy atom. The van der Waals surface area contributed by atoms with E-state index in [0.29, 0.717) is 6.42 Å². The molecule has 16 heavy (non-hydrogen) atoms. The molecular weight excluding hydrogens is 204 g/mol. The average Bonchev–Trinajstić information content (AvgIpc) is 2.30. The van der Waals surface area contributed by atoms with Crippen molar-refractivity contribution in [3.05, 3.63) is 42.2 Å². The lowest BCUT2D eigenvalue weighted by molar-refractivity contribution is -0.128. The highest BCUT2D eigenvalue weighted by atomic mass is 16.3. The maximum atomic E-state index is 11.6. The van der Waals surface area contributed by atoms with Crippen molar-refractivity contribution in [1.29, 1.82) is 0 Å². The monoisotopic (exact) mass is 214 g/mol. The third kappa shape index (κ3) is 1.13. The zero-order chi connectivity index (χ0) is 11.1. The molecule has 0 aromatic heterocycles. The zero-order valence-corrected chi connectivity index (χ0v) is 8.50. The number of anilines is 1. The molecular formula is C12H10N2O2. The second-order valence-electron chi connectivity index (χ2n) is 3.70. The SMILES string of the molecule is O=C1CC=CN2c3cccc(O)c3C=CN12.